The van der Waals surface area contributed by atoms with Crippen LogP contribution in [0.5, 0.6) is 0 Å². The van der Waals surface area contributed by atoms with Crippen LogP contribution in [-0.4, -0.2) is 242 Å². The number of benzene rings is 1. The van der Waals surface area contributed by atoms with E-state index in [4.69, 9.17) is 16.2 Å². The molecule has 41 heteroatoms. The first-order valence-electron chi connectivity index (χ1n) is 36.0. The second-order valence-electron chi connectivity index (χ2n) is 26.9. The molecule has 1 aliphatic heterocycles. The number of amides is 14. The van der Waals surface area contributed by atoms with Gasteiger partial charge in [-0.15, -0.1) is 0 Å². The normalized spacial score (nSPS) is 21.7. The maximum Gasteiger partial charge on any atom is 0.329 e. The highest BCUT2D eigenvalue weighted by Gasteiger charge is 2.40. The highest BCUT2D eigenvalue weighted by Crippen LogP contribution is 2.21. The summed E-state index contributed by atoms with van der Waals surface area (Å²) in [6.07, 6.45) is -0.0187. The van der Waals surface area contributed by atoms with Crippen molar-refractivity contribution in [1.82, 2.24) is 74.1 Å². The Balaban J connectivity index is 2.14. The van der Waals surface area contributed by atoms with Crippen molar-refractivity contribution < 1.29 is 121 Å². The number of H-pyrrole nitrogens is 1. The number of carbonyl (C=O) groups is 19. The zero-order valence-corrected chi connectivity index (χ0v) is 62.1. The summed E-state index contributed by atoms with van der Waals surface area (Å²) in [6.45, 7) is 5.29. The molecule has 610 valence electrons. The third kappa shape index (κ3) is 33.4. The van der Waals surface area contributed by atoms with E-state index in [2.05, 4.69) is 72.0 Å². The van der Waals surface area contributed by atoms with Crippen LogP contribution in [0.4, 0.5) is 0 Å². The van der Waals surface area contributed by atoms with E-state index in [-0.39, 0.29) is 32.2 Å². The largest absolute Gasteiger partial charge is 0.481 e. The van der Waals surface area contributed by atoms with E-state index in [1.54, 1.807) is 30.5 Å². The number of aromatic amines is 1. The summed E-state index contributed by atoms with van der Waals surface area (Å²) in [5, 5.41) is 78.4. The van der Waals surface area contributed by atoms with Crippen molar-refractivity contribution in [3.63, 3.8) is 0 Å². The molecule has 0 aliphatic carbocycles. The van der Waals surface area contributed by atoms with Gasteiger partial charge in [-0.3, -0.25) is 86.3 Å². The predicted molar refractivity (Wildman–Crippen MR) is 385 cm³/mol. The average molecular weight is 1560 g/mol. The minimum atomic E-state index is -2.31. The summed E-state index contributed by atoms with van der Waals surface area (Å²) in [5.41, 5.74) is 12.5. The van der Waals surface area contributed by atoms with Crippen molar-refractivity contribution in [2.45, 2.75) is 230 Å². The van der Waals surface area contributed by atoms with Crippen LogP contribution < -0.4 is 80.6 Å². The van der Waals surface area contributed by atoms with Crippen LogP contribution in [0.1, 0.15) is 156 Å². The van der Waals surface area contributed by atoms with Crippen LogP contribution in [0.15, 0.2) is 30.5 Å². The number of para-hydroxylation sites is 1. The third-order valence-electron chi connectivity index (χ3n) is 17.5. The standard InChI is InChI=1S/C69H104N16O25/c1-7-35(4)17-12-10-8-9-11-13-21-50(88)77-43(25-38-30-72-40-19-15-14-18-39(38)40)64(104)81-44(26-49(71)87)65(105)83-47(29-56(97)98)66(106)85-58-37(6)110-69(109)57(34(2)3)84-62(102)42(22-23-53(91)92)79-67(107)48(33-86)78-52(90)31-73-60(100)45(27-54(93)94)80-59(99)36(5)75-63(103)46(28-55(95)96)82-61(101)41(20-16-24-70)76-51(89)32-74-68(58)108/h14-15,18-19,30,34-37,41-48,57-58,72,86H,7-13,16-17,20-29,31-33,70H2,1-6H3,(H2,71,87)(H,73,100)(H,74,108)(H,75,103)(H,76,89)(H,77,88)(H,78,90)(H,79,107)(H,80,99)(H,81,104)(H,82,101)(H,83,105)(H,84,102)(H,85,106)(H,91,92)(H,93,94)(H,95,96)(H,97,98). The molecule has 2 heterocycles. The van der Waals surface area contributed by atoms with Gasteiger partial charge < -0.3 is 116 Å². The first kappa shape index (κ1) is 92.8. The number of aromatic nitrogens is 1. The molecule has 1 aromatic heterocycles. The van der Waals surface area contributed by atoms with Crippen LogP contribution in [0.2, 0.25) is 0 Å². The molecule has 0 radical (unpaired) electrons. The number of primary amides is 1. The van der Waals surface area contributed by atoms with Crippen molar-refractivity contribution in [3.8, 4) is 0 Å². The van der Waals surface area contributed by atoms with Gasteiger partial charge in [0.1, 0.15) is 72.6 Å². The van der Waals surface area contributed by atoms with Gasteiger partial charge in [0.05, 0.1) is 45.4 Å². The van der Waals surface area contributed by atoms with Crippen LogP contribution in [-0.2, 0) is 102 Å². The zero-order chi connectivity index (χ0) is 82.5. The summed E-state index contributed by atoms with van der Waals surface area (Å²) in [5.74, 6) is -26.3. The number of hydrogen-bond donors (Lipinski definition) is 21. The van der Waals surface area contributed by atoms with Gasteiger partial charge in [-0.25, -0.2) is 4.79 Å². The average Bonchev–Trinajstić information content (AvgIpc) is 1.75. The fraction of sp³-hybridized carbons (Fsp3) is 0.609. The fourth-order valence-corrected chi connectivity index (χ4v) is 11.1. The highest BCUT2D eigenvalue weighted by atomic mass is 16.5. The number of aliphatic hydroxyl groups excluding tert-OH is 1. The molecule has 1 aromatic carbocycles. The predicted octanol–water partition coefficient (Wildman–Crippen LogP) is -5.04. The molecule has 13 unspecified atom stereocenters. The maximum atomic E-state index is 14.6. The molecule has 41 nitrogen and oxygen atoms in total. The number of carboxylic acids is 4. The Morgan fingerprint density at radius 1 is 0.555 bits per heavy atom. The minimum absolute atomic E-state index is 0.00322. The van der Waals surface area contributed by atoms with E-state index < -0.39 is 249 Å². The topological polar surface area (TPSA) is 659 Å². The summed E-state index contributed by atoms with van der Waals surface area (Å²) >= 11 is 0. The number of carboxylic acid groups (broad SMARTS) is 4. The highest BCUT2D eigenvalue weighted by molar-refractivity contribution is 6.02. The number of aliphatic carboxylic acids is 4. The van der Waals surface area contributed by atoms with Gasteiger partial charge in [0.25, 0.3) is 0 Å². The Kier molecular flexibility index (Phi) is 40.0. The van der Waals surface area contributed by atoms with Crippen LogP contribution >= 0.6 is 0 Å². The lowest BCUT2D eigenvalue weighted by Gasteiger charge is -2.30. The molecule has 1 fully saturated rings. The van der Waals surface area contributed by atoms with Crippen molar-refractivity contribution in [3.05, 3.63) is 36.0 Å². The van der Waals surface area contributed by atoms with Gasteiger partial charge in [0.15, 0.2) is 0 Å². The van der Waals surface area contributed by atoms with Gasteiger partial charge in [-0.1, -0.05) is 90.8 Å². The second-order valence-corrected chi connectivity index (χ2v) is 26.9. The lowest BCUT2D eigenvalue weighted by Crippen LogP contribution is -2.61. The van der Waals surface area contributed by atoms with Crippen molar-refractivity contribution in [2.24, 2.45) is 23.3 Å². The molecule has 14 amide bonds. The van der Waals surface area contributed by atoms with E-state index in [9.17, 15) is 117 Å². The number of fused-ring (bicyclic) bond motifs is 1. The van der Waals surface area contributed by atoms with Crippen molar-refractivity contribution >= 4 is 123 Å². The number of carbonyl (C=O) groups excluding carboxylic acids is 15. The Labute approximate surface area is 632 Å². The van der Waals surface area contributed by atoms with Gasteiger partial charge >= 0.3 is 29.8 Å². The van der Waals surface area contributed by atoms with Crippen LogP contribution in [0.3, 0.4) is 0 Å². The SMILES string of the molecule is CCC(C)CCCCCCCCC(=O)NC(Cc1c[nH]c2ccccc12)C(=O)NC(CC(N)=O)C(=O)NC(CC(=O)O)C(=O)NC1C(=O)NCC(=O)NC(CCCN)C(=O)NC(CC(=O)O)C(=O)NC(C)C(=O)NC(CC(=O)O)C(=O)NCC(=O)NC(CO)C(=O)NC(CCC(=O)O)C(=O)NC(C(C)C)C(=O)OC1C. The smallest absolute Gasteiger partial charge is 0.329 e. The molecule has 23 N–H and O–H groups in total. The number of rotatable bonds is 35. The zero-order valence-electron chi connectivity index (χ0n) is 62.1. The van der Waals surface area contributed by atoms with E-state index >= 15 is 0 Å². The molecule has 0 bridgehead atoms. The molecule has 13 atom stereocenters. The molecule has 2 aromatic rings. The lowest BCUT2D eigenvalue weighted by molar-refractivity contribution is -0.157. The van der Waals surface area contributed by atoms with E-state index in [0.717, 1.165) is 52.4 Å². The molecule has 0 saturated carbocycles. The first-order valence-corrected chi connectivity index (χ1v) is 36.0. The quantitative estimate of drug-likeness (QED) is 0.0227. The first-order chi connectivity index (χ1) is 51.9. The van der Waals surface area contributed by atoms with Crippen molar-refractivity contribution in [1.29, 1.82) is 0 Å². The minimum Gasteiger partial charge on any atom is -0.481 e. The molecular formula is C69H104N16O25. The molecule has 1 saturated heterocycles. The van der Waals surface area contributed by atoms with Gasteiger partial charge in [0, 0.05) is 36.4 Å². The number of aliphatic hydroxyl groups is 1. The Morgan fingerprint density at radius 3 is 1.66 bits per heavy atom. The summed E-state index contributed by atoms with van der Waals surface area (Å²) in [4.78, 5) is 259. The number of hydrogen-bond acceptors (Lipinski definition) is 22. The fourth-order valence-electron chi connectivity index (χ4n) is 11.1. The number of esters is 1. The molecule has 110 heavy (non-hydrogen) atoms. The number of nitrogens with two attached hydrogens (primary N) is 2. The second kappa shape index (κ2) is 47.4. The van der Waals surface area contributed by atoms with Crippen LogP contribution in [0.25, 0.3) is 10.9 Å². The molecular weight excluding hydrogens is 1450 g/mol. The number of unbranched alkanes of at least 4 members (excludes halogenated alkanes) is 5. The van der Waals surface area contributed by atoms with E-state index in [0.29, 0.717) is 35.2 Å². The molecule has 3 rings (SSSR count). The summed E-state index contributed by atoms with van der Waals surface area (Å²) < 4.78 is 5.64. The number of cyclic esters (lactones) is 1. The lowest BCUT2D eigenvalue weighted by atomic mass is 9.99. The number of nitrogens with one attached hydrogen (secondary N) is 14. The van der Waals surface area contributed by atoms with Crippen LogP contribution in [0, 0.1) is 11.8 Å². The monoisotopic (exact) mass is 1560 g/mol. The Morgan fingerprint density at radius 2 is 1.08 bits per heavy atom. The van der Waals surface area contributed by atoms with Gasteiger partial charge in [-0.05, 0) is 69.5 Å². The Hall–Kier alpha value is -11.4. The van der Waals surface area contributed by atoms with Gasteiger partial charge in [0.2, 0.25) is 82.7 Å². The molecule has 1 aliphatic rings. The van der Waals surface area contributed by atoms with Crippen molar-refractivity contribution in [2.75, 3.05) is 26.2 Å². The van der Waals surface area contributed by atoms with E-state index in [1.807, 2.05) is 16.0 Å². The Bertz CT molecular complexity index is 3610. The third-order valence-corrected chi connectivity index (χ3v) is 17.5. The summed E-state index contributed by atoms with van der Waals surface area (Å²) in [7, 11) is 0. The molecule has 0 spiro atoms. The van der Waals surface area contributed by atoms with E-state index in [1.165, 1.54) is 13.8 Å². The maximum absolute atomic E-state index is 14.6. The number of ether oxygens (including phenoxy) is 1. The summed E-state index contributed by atoms with van der Waals surface area (Å²) in [6, 6.07) is -14.4. The van der Waals surface area contributed by atoms with Gasteiger partial charge in [-0.2, -0.15) is 0 Å².